The molecule has 1 aromatic heterocycles. The van der Waals surface area contributed by atoms with Crippen LogP contribution in [0.2, 0.25) is 5.15 Å². The summed E-state index contributed by atoms with van der Waals surface area (Å²) in [5.74, 6) is 0.388. The summed E-state index contributed by atoms with van der Waals surface area (Å²) >= 11 is 6.69. The van der Waals surface area contributed by atoms with E-state index >= 15 is 0 Å². The van der Waals surface area contributed by atoms with Crippen molar-refractivity contribution in [3.8, 4) is 5.88 Å². The summed E-state index contributed by atoms with van der Waals surface area (Å²) in [5.41, 5.74) is 0. The van der Waals surface area contributed by atoms with Gasteiger partial charge < -0.3 is 9.47 Å². The Hall–Kier alpha value is -0.390. The average molecular weight is 223 g/mol. The van der Waals surface area contributed by atoms with E-state index in [9.17, 15) is 0 Å². The van der Waals surface area contributed by atoms with Crippen LogP contribution in [0.3, 0.4) is 0 Å². The minimum Gasteiger partial charge on any atom is -0.472 e. The molecule has 0 N–H and O–H groups in total. The monoisotopic (exact) mass is 222 g/mol. The molecule has 0 atom stereocenters. The Bertz CT molecular complexity index is 254. The van der Waals surface area contributed by atoms with Crippen LogP contribution in [0, 0.1) is 0 Å². The summed E-state index contributed by atoms with van der Waals surface area (Å²) in [6.45, 7) is 4.92. The van der Waals surface area contributed by atoms with Gasteiger partial charge in [0.05, 0.1) is 24.4 Å². The Morgan fingerprint density at radius 1 is 1.38 bits per heavy atom. The zero-order valence-corrected chi connectivity index (χ0v) is 9.06. The molecule has 1 heterocycles. The third kappa shape index (κ3) is 3.89. The molecule has 0 aromatic carbocycles. The van der Waals surface area contributed by atoms with Gasteiger partial charge in [-0.15, -0.1) is 4.37 Å². The quantitative estimate of drug-likeness (QED) is 0.715. The summed E-state index contributed by atoms with van der Waals surface area (Å²) in [6, 6.07) is 0. The highest BCUT2D eigenvalue weighted by Gasteiger charge is 2.05. The van der Waals surface area contributed by atoms with E-state index in [0.717, 1.165) is 11.7 Å². The standard InChI is InChI=1S/C7H11ClN2O2S/c1-5(2)11-3-4-12-7-6(8)9-13-10-7/h5H,3-4H2,1-2H3. The largest absolute Gasteiger partial charge is 0.472 e. The molecule has 13 heavy (non-hydrogen) atoms. The molecule has 74 valence electrons. The molecule has 0 spiro atoms. The maximum absolute atomic E-state index is 5.65. The maximum atomic E-state index is 5.65. The molecule has 0 saturated carbocycles. The van der Waals surface area contributed by atoms with Gasteiger partial charge in [-0.3, -0.25) is 0 Å². The fourth-order valence-corrected chi connectivity index (χ4v) is 1.32. The molecule has 0 aliphatic heterocycles. The molecular weight excluding hydrogens is 212 g/mol. The fourth-order valence-electron chi connectivity index (χ4n) is 0.678. The van der Waals surface area contributed by atoms with Gasteiger partial charge in [0, 0.05) is 0 Å². The lowest BCUT2D eigenvalue weighted by atomic mass is 10.5. The van der Waals surface area contributed by atoms with Crippen molar-refractivity contribution in [2.75, 3.05) is 13.2 Å². The van der Waals surface area contributed by atoms with Crippen LogP contribution in [0.1, 0.15) is 13.8 Å². The van der Waals surface area contributed by atoms with Crippen molar-refractivity contribution in [1.29, 1.82) is 0 Å². The molecule has 0 aliphatic carbocycles. The minimum absolute atomic E-state index is 0.215. The summed E-state index contributed by atoms with van der Waals surface area (Å²) < 4.78 is 18.1. The molecule has 0 aliphatic rings. The molecule has 6 heteroatoms. The predicted molar refractivity (Wildman–Crippen MR) is 51.5 cm³/mol. The van der Waals surface area contributed by atoms with E-state index in [1.165, 1.54) is 0 Å². The third-order valence-electron chi connectivity index (χ3n) is 1.19. The Morgan fingerprint density at radius 2 is 2.15 bits per heavy atom. The first-order valence-corrected chi connectivity index (χ1v) is 5.03. The summed E-state index contributed by atoms with van der Waals surface area (Å²) in [6.07, 6.45) is 0.215. The lowest BCUT2D eigenvalue weighted by molar-refractivity contribution is 0.0545. The van der Waals surface area contributed by atoms with Crippen LogP contribution in [0.25, 0.3) is 0 Å². The molecular formula is C7H11ClN2O2S. The van der Waals surface area contributed by atoms with Crippen LogP contribution in [0.15, 0.2) is 0 Å². The number of halogens is 1. The second-order valence-electron chi connectivity index (χ2n) is 2.63. The molecule has 0 bridgehead atoms. The van der Waals surface area contributed by atoms with Gasteiger partial charge in [0.25, 0.3) is 5.88 Å². The normalized spacial score (nSPS) is 10.8. The van der Waals surface area contributed by atoms with Gasteiger partial charge in [-0.2, -0.15) is 4.37 Å². The predicted octanol–water partition coefficient (Wildman–Crippen LogP) is 2.00. The van der Waals surface area contributed by atoms with Crippen LogP contribution in [-0.4, -0.2) is 28.1 Å². The number of hydrogen-bond acceptors (Lipinski definition) is 5. The van der Waals surface area contributed by atoms with Crippen LogP contribution in [-0.2, 0) is 4.74 Å². The Balaban J connectivity index is 2.17. The Labute approximate surface area is 86.1 Å². The molecule has 0 amide bonds. The first-order chi connectivity index (χ1) is 6.20. The zero-order valence-electron chi connectivity index (χ0n) is 7.49. The van der Waals surface area contributed by atoms with E-state index in [-0.39, 0.29) is 6.10 Å². The molecule has 1 rings (SSSR count). The number of hydrogen-bond donors (Lipinski definition) is 0. The van der Waals surface area contributed by atoms with Gasteiger partial charge in [-0.1, -0.05) is 11.6 Å². The lowest BCUT2D eigenvalue weighted by Crippen LogP contribution is -2.11. The van der Waals surface area contributed by atoms with Crippen LogP contribution in [0.5, 0.6) is 5.88 Å². The second-order valence-corrected chi connectivity index (χ2v) is 3.51. The maximum Gasteiger partial charge on any atom is 0.265 e. The molecule has 0 radical (unpaired) electrons. The van der Waals surface area contributed by atoms with Crippen LogP contribution < -0.4 is 4.74 Å². The van der Waals surface area contributed by atoms with Crippen molar-refractivity contribution in [3.63, 3.8) is 0 Å². The van der Waals surface area contributed by atoms with Gasteiger partial charge in [-0.05, 0) is 13.8 Å². The van der Waals surface area contributed by atoms with E-state index in [0.29, 0.717) is 24.2 Å². The molecule has 4 nitrogen and oxygen atoms in total. The summed E-state index contributed by atoms with van der Waals surface area (Å²) in [5, 5.41) is 0.314. The van der Waals surface area contributed by atoms with Gasteiger partial charge in [0.15, 0.2) is 0 Å². The first kappa shape index (κ1) is 10.7. The van der Waals surface area contributed by atoms with Crippen molar-refractivity contribution in [2.45, 2.75) is 20.0 Å². The van der Waals surface area contributed by atoms with E-state index < -0.39 is 0 Å². The van der Waals surface area contributed by atoms with Gasteiger partial charge in [-0.25, -0.2) is 0 Å². The number of nitrogens with zero attached hydrogens (tertiary/aromatic N) is 2. The zero-order chi connectivity index (χ0) is 9.68. The smallest absolute Gasteiger partial charge is 0.265 e. The fraction of sp³-hybridized carbons (Fsp3) is 0.714. The topological polar surface area (TPSA) is 44.2 Å². The summed E-state index contributed by atoms with van der Waals surface area (Å²) in [4.78, 5) is 0. The second kappa shape index (κ2) is 5.36. The van der Waals surface area contributed by atoms with E-state index in [4.69, 9.17) is 21.1 Å². The minimum atomic E-state index is 0.215. The van der Waals surface area contributed by atoms with Crippen LogP contribution >= 0.6 is 23.3 Å². The highest BCUT2D eigenvalue weighted by molar-refractivity contribution is 6.99. The first-order valence-electron chi connectivity index (χ1n) is 3.92. The van der Waals surface area contributed by atoms with Gasteiger partial charge >= 0.3 is 0 Å². The Morgan fingerprint density at radius 3 is 2.69 bits per heavy atom. The number of rotatable bonds is 5. The number of ether oxygens (including phenoxy) is 2. The van der Waals surface area contributed by atoms with Crippen molar-refractivity contribution in [1.82, 2.24) is 8.75 Å². The van der Waals surface area contributed by atoms with Crippen molar-refractivity contribution >= 4 is 23.3 Å². The van der Waals surface area contributed by atoms with Crippen molar-refractivity contribution < 1.29 is 9.47 Å². The van der Waals surface area contributed by atoms with Gasteiger partial charge in [0.1, 0.15) is 6.61 Å². The van der Waals surface area contributed by atoms with E-state index in [2.05, 4.69) is 8.75 Å². The Kier molecular flexibility index (Phi) is 4.41. The number of aromatic nitrogens is 2. The molecule has 0 saturated heterocycles. The average Bonchev–Trinajstić information content (AvgIpc) is 2.45. The van der Waals surface area contributed by atoms with Gasteiger partial charge in [0.2, 0.25) is 5.15 Å². The highest BCUT2D eigenvalue weighted by atomic mass is 35.5. The molecule has 0 fully saturated rings. The van der Waals surface area contributed by atoms with Crippen molar-refractivity contribution in [3.05, 3.63) is 5.15 Å². The van der Waals surface area contributed by atoms with Crippen molar-refractivity contribution in [2.24, 2.45) is 0 Å². The summed E-state index contributed by atoms with van der Waals surface area (Å²) in [7, 11) is 0. The lowest BCUT2D eigenvalue weighted by Gasteiger charge is -2.06. The third-order valence-corrected chi connectivity index (χ3v) is 2.05. The van der Waals surface area contributed by atoms with Crippen LogP contribution in [0.4, 0.5) is 0 Å². The molecule has 1 aromatic rings. The van der Waals surface area contributed by atoms with E-state index in [1.54, 1.807) is 0 Å². The molecule has 0 unspecified atom stereocenters. The SMILES string of the molecule is CC(C)OCCOc1nsnc1Cl. The van der Waals surface area contributed by atoms with E-state index in [1.807, 2.05) is 13.8 Å². The highest BCUT2D eigenvalue weighted by Crippen LogP contribution is 2.19.